The lowest BCUT2D eigenvalue weighted by atomic mass is 10.1. The molecule has 0 atom stereocenters. The van der Waals surface area contributed by atoms with Crippen LogP contribution in [0.2, 0.25) is 0 Å². The normalized spacial score (nSPS) is 11.6. The third-order valence-corrected chi connectivity index (χ3v) is 4.33. The molecule has 0 saturated carbocycles. The molecule has 7 heteroatoms. The summed E-state index contributed by atoms with van der Waals surface area (Å²) in [6.45, 7) is 4.21. The summed E-state index contributed by atoms with van der Waals surface area (Å²) in [7, 11) is -1.92. The molecule has 0 aliphatic rings. The largest absolute Gasteiger partial charge is 0.316 e. The number of sulfonamides is 1. The summed E-state index contributed by atoms with van der Waals surface area (Å²) in [4.78, 5) is 0. The molecule has 0 radical (unpaired) electrons. The van der Waals surface area contributed by atoms with E-state index in [0.717, 1.165) is 11.1 Å². The molecule has 20 heavy (non-hydrogen) atoms. The van der Waals surface area contributed by atoms with E-state index in [1.54, 1.807) is 13.1 Å². The van der Waals surface area contributed by atoms with Crippen molar-refractivity contribution in [1.82, 2.24) is 15.5 Å². The molecule has 0 spiro atoms. The quantitative estimate of drug-likeness (QED) is 0.781. The van der Waals surface area contributed by atoms with Gasteiger partial charge in [0.25, 0.3) is 10.0 Å². The number of anilines is 1. The second-order valence-corrected chi connectivity index (χ2v) is 6.30. The molecular weight excluding hydrogens is 276 g/mol. The van der Waals surface area contributed by atoms with Crippen LogP contribution in [0.25, 0.3) is 0 Å². The molecule has 0 unspecified atom stereocenters. The van der Waals surface area contributed by atoms with Crippen LogP contribution >= 0.6 is 0 Å². The molecule has 2 rings (SSSR count). The van der Waals surface area contributed by atoms with Gasteiger partial charge in [0.2, 0.25) is 0 Å². The molecule has 0 aliphatic carbocycles. The summed E-state index contributed by atoms with van der Waals surface area (Å²) in [6.07, 6.45) is 1.51. The van der Waals surface area contributed by atoms with Crippen molar-refractivity contribution in [3.63, 3.8) is 0 Å². The fourth-order valence-corrected chi connectivity index (χ4v) is 3.14. The first kappa shape index (κ1) is 14.5. The van der Waals surface area contributed by atoms with Gasteiger partial charge in [-0.25, -0.2) is 0 Å². The molecule has 108 valence electrons. The van der Waals surface area contributed by atoms with Crippen molar-refractivity contribution in [2.24, 2.45) is 0 Å². The number of nitrogens with one attached hydrogen (secondary N) is 3. The third kappa shape index (κ3) is 3.00. The Labute approximate surface area is 118 Å². The molecular formula is C13H18N4O2S. The van der Waals surface area contributed by atoms with Crippen LogP contribution in [0, 0.1) is 13.8 Å². The van der Waals surface area contributed by atoms with Crippen LogP contribution in [0.3, 0.4) is 0 Å². The van der Waals surface area contributed by atoms with E-state index in [2.05, 4.69) is 20.2 Å². The first-order valence-corrected chi connectivity index (χ1v) is 7.69. The molecule has 1 aromatic carbocycles. The zero-order chi connectivity index (χ0) is 14.8. The van der Waals surface area contributed by atoms with Gasteiger partial charge in [0.1, 0.15) is 0 Å². The Morgan fingerprint density at radius 2 is 2.05 bits per heavy atom. The van der Waals surface area contributed by atoms with E-state index in [1.807, 2.05) is 26.0 Å². The van der Waals surface area contributed by atoms with Crippen molar-refractivity contribution >= 4 is 15.7 Å². The van der Waals surface area contributed by atoms with Gasteiger partial charge in [0.05, 0.1) is 11.9 Å². The number of aryl methyl sites for hydroxylation is 2. The summed E-state index contributed by atoms with van der Waals surface area (Å²) in [5.74, 6) is 0. The molecule has 1 heterocycles. The average molecular weight is 294 g/mol. The minimum atomic E-state index is -3.67. The Bertz CT molecular complexity index is 707. The Balaban J connectivity index is 2.36. The number of aromatic amines is 1. The molecule has 0 aliphatic heterocycles. The maximum atomic E-state index is 12.4. The van der Waals surface area contributed by atoms with Crippen LogP contribution in [0.15, 0.2) is 29.4 Å². The number of H-pyrrole nitrogens is 1. The van der Waals surface area contributed by atoms with Crippen molar-refractivity contribution < 1.29 is 8.42 Å². The number of hydrogen-bond donors (Lipinski definition) is 3. The minimum absolute atomic E-state index is 0.0905. The fourth-order valence-electron chi connectivity index (χ4n) is 1.89. The summed E-state index contributed by atoms with van der Waals surface area (Å²) in [6, 6.07) is 5.63. The van der Waals surface area contributed by atoms with Crippen LogP contribution in [0.5, 0.6) is 0 Å². The predicted octanol–water partition coefficient (Wildman–Crippen LogP) is 1.55. The Morgan fingerprint density at radius 1 is 1.30 bits per heavy atom. The second-order valence-electron chi connectivity index (χ2n) is 4.68. The number of hydrogen-bond acceptors (Lipinski definition) is 4. The lowest BCUT2D eigenvalue weighted by molar-refractivity contribution is 0.595. The molecule has 0 amide bonds. The van der Waals surface area contributed by atoms with E-state index in [4.69, 9.17) is 0 Å². The summed E-state index contributed by atoms with van der Waals surface area (Å²) >= 11 is 0. The van der Waals surface area contributed by atoms with Crippen molar-refractivity contribution in [2.45, 2.75) is 25.4 Å². The maximum Gasteiger partial charge on any atom is 0.279 e. The molecule has 1 aromatic heterocycles. The van der Waals surface area contributed by atoms with Gasteiger partial charge >= 0.3 is 0 Å². The highest BCUT2D eigenvalue weighted by atomic mass is 32.2. The van der Waals surface area contributed by atoms with Crippen molar-refractivity contribution in [3.05, 3.63) is 41.1 Å². The molecule has 0 fully saturated rings. The Kier molecular flexibility index (Phi) is 4.10. The van der Waals surface area contributed by atoms with Crippen molar-refractivity contribution in [3.8, 4) is 0 Å². The first-order chi connectivity index (χ1) is 9.44. The van der Waals surface area contributed by atoms with Crippen LogP contribution in [-0.4, -0.2) is 25.7 Å². The number of rotatable bonds is 5. The SMILES string of the molecule is CNCc1cn[nH]c1S(=O)(=O)Nc1cc(C)ccc1C. The zero-order valence-corrected chi connectivity index (χ0v) is 12.5. The van der Waals surface area contributed by atoms with Crippen molar-refractivity contribution in [1.29, 1.82) is 0 Å². The van der Waals surface area contributed by atoms with Gasteiger partial charge < -0.3 is 5.32 Å². The highest BCUT2D eigenvalue weighted by molar-refractivity contribution is 7.92. The smallest absolute Gasteiger partial charge is 0.279 e. The van der Waals surface area contributed by atoms with E-state index >= 15 is 0 Å². The third-order valence-electron chi connectivity index (χ3n) is 2.95. The second kappa shape index (κ2) is 5.64. The number of nitrogens with zero attached hydrogens (tertiary/aromatic N) is 1. The first-order valence-electron chi connectivity index (χ1n) is 6.21. The van der Waals surface area contributed by atoms with Crippen LogP contribution in [-0.2, 0) is 16.6 Å². The molecule has 2 aromatic rings. The lowest BCUT2D eigenvalue weighted by Crippen LogP contribution is -2.17. The van der Waals surface area contributed by atoms with Gasteiger partial charge in [0.15, 0.2) is 5.03 Å². The van der Waals surface area contributed by atoms with Gasteiger partial charge in [-0.2, -0.15) is 13.5 Å². The van der Waals surface area contributed by atoms with E-state index in [0.29, 0.717) is 17.8 Å². The van der Waals surface area contributed by atoms with Gasteiger partial charge in [-0.05, 0) is 38.1 Å². The summed E-state index contributed by atoms with van der Waals surface area (Å²) < 4.78 is 27.4. The van der Waals surface area contributed by atoms with Gasteiger partial charge in [0, 0.05) is 12.1 Å². The predicted molar refractivity (Wildman–Crippen MR) is 78.1 cm³/mol. The van der Waals surface area contributed by atoms with Crippen molar-refractivity contribution in [2.75, 3.05) is 11.8 Å². The highest BCUT2D eigenvalue weighted by Gasteiger charge is 2.21. The zero-order valence-electron chi connectivity index (χ0n) is 11.7. The minimum Gasteiger partial charge on any atom is -0.316 e. The average Bonchev–Trinajstić information content (AvgIpc) is 2.83. The molecule has 0 saturated heterocycles. The van der Waals surface area contributed by atoms with Gasteiger partial charge in [-0.1, -0.05) is 12.1 Å². The standard InChI is InChI=1S/C13H18N4O2S/c1-9-4-5-10(2)12(6-9)17-20(18,19)13-11(7-14-3)8-15-16-13/h4-6,8,14,17H,7H2,1-3H3,(H,15,16). The molecule has 0 bridgehead atoms. The summed E-state index contributed by atoms with van der Waals surface area (Å²) in [5, 5.41) is 9.35. The van der Waals surface area contributed by atoms with E-state index in [1.165, 1.54) is 6.20 Å². The lowest BCUT2D eigenvalue weighted by Gasteiger charge is -2.11. The van der Waals surface area contributed by atoms with E-state index < -0.39 is 10.0 Å². The van der Waals surface area contributed by atoms with E-state index in [-0.39, 0.29) is 5.03 Å². The fraction of sp³-hybridized carbons (Fsp3) is 0.308. The Morgan fingerprint density at radius 3 is 2.75 bits per heavy atom. The monoisotopic (exact) mass is 294 g/mol. The topological polar surface area (TPSA) is 86.9 Å². The Hall–Kier alpha value is -1.86. The van der Waals surface area contributed by atoms with Gasteiger partial charge in [-0.15, -0.1) is 0 Å². The maximum absolute atomic E-state index is 12.4. The van der Waals surface area contributed by atoms with Crippen LogP contribution < -0.4 is 10.0 Å². The molecule has 3 N–H and O–H groups in total. The number of aromatic nitrogens is 2. The van der Waals surface area contributed by atoms with E-state index in [9.17, 15) is 8.42 Å². The van der Waals surface area contributed by atoms with Crippen LogP contribution in [0.4, 0.5) is 5.69 Å². The molecule has 6 nitrogen and oxygen atoms in total. The van der Waals surface area contributed by atoms with Crippen LogP contribution in [0.1, 0.15) is 16.7 Å². The number of benzene rings is 1. The highest BCUT2D eigenvalue weighted by Crippen LogP contribution is 2.21. The van der Waals surface area contributed by atoms with Gasteiger partial charge in [-0.3, -0.25) is 9.82 Å². The summed E-state index contributed by atoms with van der Waals surface area (Å²) in [5.41, 5.74) is 3.04.